The summed E-state index contributed by atoms with van der Waals surface area (Å²) >= 11 is 0. The smallest absolute Gasteiger partial charge is 0.190 e. The van der Waals surface area contributed by atoms with Crippen molar-refractivity contribution in [1.29, 1.82) is 0 Å². The number of benzene rings is 1. The van der Waals surface area contributed by atoms with E-state index in [4.69, 9.17) is 0 Å². The molecule has 0 aromatic heterocycles. The molecule has 0 saturated carbocycles. The molecule has 102 valence electrons. The van der Waals surface area contributed by atoms with Gasteiger partial charge in [-0.15, -0.1) is 24.0 Å². The van der Waals surface area contributed by atoms with Crippen molar-refractivity contribution in [1.82, 2.24) is 10.6 Å². The van der Waals surface area contributed by atoms with Crippen LogP contribution in [0.15, 0.2) is 35.3 Å². The van der Waals surface area contributed by atoms with E-state index in [1.54, 1.807) is 7.05 Å². The van der Waals surface area contributed by atoms with Crippen LogP contribution in [0.4, 0.5) is 0 Å². The highest BCUT2D eigenvalue weighted by Crippen LogP contribution is 2.12. The predicted molar refractivity (Wildman–Crippen MR) is 89.9 cm³/mol. The van der Waals surface area contributed by atoms with E-state index in [0.29, 0.717) is 5.92 Å². The van der Waals surface area contributed by atoms with Gasteiger partial charge < -0.3 is 10.6 Å². The van der Waals surface area contributed by atoms with Gasteiger partial charge in [0.1, 0.15) is 0 Å². The second kappa shape index (κ2) is 10.2. The minimum absolute atomic E-state index is 0. The molecule has 4 heteroatoms. The standard InChI is InChI=1S/C14H23N3.HI/c1-4-10-16-14(15-3)17-11-12(2)13-8-6-5-7-9-13;/h5-9,12H,4,10-11H2,1-3H3,(H2,15,16,17);1H. The van der Waals surface area contributed by atoms with Gasteiger partial charge in [0.2, 0.25) is 0 Å². The van der Waals surface area contributed by atoms with E-state index >= 15 is 0 Å². The fraction of sp³-hybridized carbons (Fsp3) is 0.500. The Morgan fingerprint density at radius 3 is 2.44 bits per heavy atom. The van der Waals surface area contributed by atoms with Gasteiger partial charge in [-0.2, -0.15) is 0 Å². The van der Waals surface area contributed by atoms with Crippen molar-refractivity contribution < 1.29 is 0 Å². The van der Waals surface area contributed by atoms with Crippen molar-refractivity contribution in [3.05, 3.63) is 35.9 Å². The normalized spacial score (nSPS) is 12.5. The van der Waals surface area contributed by atoms with E-state index < -0.39 is 0 Å². The molecule has 0 aliphatic heterocycles. The fourth-order valence-electron chi connectivity index (χ4n) is 1.61. The highest BCUT2D eigenvalue weighted by Gasteiger charge is 2.05. The van der Waals surface area contributed by atoms with Crippen molar-refractivity contribution in [3.8, 4) is 0 Å². The third kappa shape index (κ3) is 6.23. The van der Waals surface area contributed by atoms with Crippen LogP contribution >= 0.6 is 24.0 Å². The van der Waals surface area contributed by atoms with Crippen LogP contribution in [-0.2, 0) is 0 Å². The first-order valence-corrected chi connectivity index (χ1v) is 6.27. The number of nitrogens with one attached hydrogen (secondary N) is 2. The van der Waals surface area contributed by atoms with E-state index in [1.165, 1.54) is 5.56 Å². The van der Waals surface area contributed by atoms with Crippen LogP contribution in [-0.4, -0.2) is 26.1 Å². The first-order valence-electron chi connectivity index (χ1n) is 6.27. The van der Waals surface area contributed by atoms with Crippen molar-refractivity contribution in [2.24, 2.45) is 4.99 Å². The van der Waals surface area contributed by atoms with E-state index in [2.05, 4.69) is 53.7 Å². The van der Waals surface area contributed by atoms with Crippen molar-refractivity contribution >= 4 is 29.9 Å². The van der Waals surface area contributed by atoms with E-state index in [-0.39, 0.29) is 24.0 Å². The summed E-state index contributed by atoms with van der Waals surface area (Å²) in [5.41, 5.74) is 1.35. The van der Waals surface area contributed by atoms with Crippen LogP contribution in [0.25, 0.3) is 0 Å². The summed E-state index contributed by atoms with van der Waals surface area (Å²) in [6.07, 6.45) is 1.11. The molecule has 2 N–H and O–H groups in total. The Morgan fingerprint density at radius 2 is 1.89 bits per heavy atom. The first-order chi connectivity index (χ1) is 8.27. The third-order valence-electron chi connectivity index (χ3n) is 2.71. The summed E-state index contributed by atoms with van der Waals surface area (Å²) in [6, 6.07) is 10.5. The number of rotatable bonds is 5. The molecule has 0 radical (unpaired) electrons. The maximum Gasteiger partial charge on any atom is 0.190 e. The molecule has 18 heavy (non-hydrogen) atoms. The van der Waals surface area contributed by atoms with Crippen LogP contribution in [0.3, 0.4) is 0 Å². The van der Waals surface area contributed by atoms with Gasteiger partial charge in [0.15, 0.2) is 5.96 Å². The molecule has 0 bridgehead atoms. The van der Waals surface area contributed by atoms with Crippen LogP contribution in [0.5, 0.6) is 0 Å². The van der Waals surface area contributed by atoms with Gasteiger partial charge in [-0.05, 0) is 17.9 Å². The number of halogens is 1. The summed E-state index contributed by atoms with van der Waals surface area (Å²) in [7, 11) is 1.80. The zero-order valence-electron chi connectivity index (χ0n) is 11.4. The second-order valence-electron chi connectivity index (χ2n) is 4.19. The van der Waals surface area contributed by atoms with Crippen molar-refractivity contribution in [3.63, 3.8) is 0 Å². The molecule has 0 saturated heterocycles. The number of aliphatic imine (C=N–C) groups is 1. The predicted octanol–water partition coefficient (Wildman–Crippen LogP) is 2.98. The summed E-state index contributed by atoms with van der Waals surface area (Å²) in [5, 5.41) is 6.61. The summed E-state index contributed by atoms with van der Waals surface area (Å²) in [5.74, 6) is 1.37. The molecule has 0 fully saturated rings. The Kier molecular flexibility index (Phi) is 9.73. The van der Waals surface area contributed by atoms with Crippen LogP contribution in [0.2, 0.25) is 0 Å². The Hall–Kier alpha value is -0.780. The quantitative estimate of drug-likeness (QED) is 0.481. The summed E-state index contributed by atoms with van der Waals surface area (Å²) in [4.78, 5) is 4.19. The van der Waals surface area contributed by atoms with Gasteiger partial charge in [-0.25, -0.2) is 0 Å². The molecule has 1 aromatic rings. The fourth-order valence-corrected chi connectivity index (χ4v) is 1.61. The van der Waals surface area contributed by atoms with E-state index in [1.807, 2.05) is 6.07 Å². The highest BCUT2D eigenvalue weighted by atomic mass is 127. The SMILES string of the molecule is CCCNC(=NC)NCC(C)c1ccccc1.I. The maximum absolute atomic E-state index is 4.19. The molecule has 1 unspecified atom stereocenters. The zero-order valence-corrected chi connectivity index (χ0v) is 13.8. The Balaban J connectivity index is 0.00000289. The molecule has 0 aliphatic carbocycles. The molecule has 0 aliphatic rings. The number of nitrogens with zero attached hydrogens (tertiary/aromatic N) is 1. The van der Waals surface area contributed by atoms with Crippen LogP contribution in [0.1, 0.15) is 31.7 Å². The molecule has 1 rings (SSSR count). The molecular formula is C14H24IN3. The maximum atomic E-state index is 4.19. The van der Waals surface area contributed by atoms with Crippen molar-refractivity contribution in [2.45, 2.75) is 26.2 Å². The van der Waals surface area contributed by atoms with Crippen LogP contribution in [0, 0.1) is 0 Å². The molecule has 3 nitrogen and oxygen atoms in total. The molecule has 1 atom stereocenters. The Bertz CT molecular complexity index is 338. The first kappa shape index (κ1) is 17.2. The number of hydrogen-bond acceptors (Lipinski definition) is 1. The third-order valence-corrected chi connectivity index (χ3v) is 2.71. The largest absolute Gasteiger partial charge is 0.356 e. The number of hydrogen-bond donors (Lipinski definition) is 2. The minimum Gasteiger partial charge on any atom is -0.356 e. The summed E-state index contributed by atoms with van der Waals surface area (Å²) in [6.45, 7) is 6.22. The Morgan fingerprint density at radius 1 is 1.22 bits per heavy atom. The van der Waals surface area contributed by atoms with Gasteiger partial charge >= 0.3 is 0 Å². The highest BCUT2D eigenvalue weighted by molar-refractivity contribution is 14.0. The Labute approximate surface area is 127 Å². The summed E-state index contributed by atoms with van der Waals surface area (Å²) < 4.78 is 0. The molecule has 0 spiro atoms. The van der Waals surface area contributed by atoms with E-state index in [0.717, 1.165) is 25.5 Å². The molecule has 0 amide bonds. The van der Waals surface area contributed by atoms with Gasteiger partial charge in [0.25, 0.3) is 0 Å². The molecular weight excluding hydrogens is 337 g/mol. The topological polar surface area (TPSA) is 36.4 Å². The zero-order chi connectivity index (χ0) is 12.5. The van der Waals surface area contributed by atoms with Gasteiger partial charge in [0.05, 0.1) is 0 Å². The molecule has 1 aromatic carbocycles. The molecule has 0 heterocycles. The lowest BCUT2D eigenvalue weighted by atomic mass is 10.0. The second-order valence-corrected chi connectivity index (χ2v) is 4.19. The number of guanidine groups is 1. The average molecular weight is 361 g/mol. The van der Waals surface area contributed by atoms with Gasteiger partial charge in [-0.3, -0.25) is 4.99 Å². The van der Waals surface area contributed by atoms with E-state index in [9.17, 15) is 0 Å². The lowest BCUT2D eigenvalue weighted by Gasteiger charge is -2.16. The van der Waals surface area contributed by atoms with Crippen molar-refractivity contribution in [2.75, 3.05) is 20.1 Å². The van der Waals surface area contributed by atoms with Gasteiger partial charge in [-0.1, -0.05) is 44.2 Å². The van der Waals surface area contributed by atoms with Gasteiger partial charge in [0, 0.05) is 20.1 Å². The van der Waals surface area contributed by atoms with Crippen LogP contribution < -0.4 is 10.6 Å². The average Bonchev–Trinajstić information content (AvgIpc) is 2.39. The lowest BCUT2D eigenvalue weighted by Crippen LogP contribution is -2.39. The monoisotopic (exact) mass is 361 g/mol. The lowest BCUT2D eigenvalue weighted by molar-refractivity contribution is 0.696. The minimum atomic E-state index is 0.